The zero-order valence-corrected chi connectivity index (χ0v) is 13.2. The van der Waals surface area contributed by atoms with Gasteiger partial charge in [-0.3, -0.25) is 4.98 Å². The highest BCUT2D eigenvalue weighted by Gasteiger charge is 2.01. The Balaban J connectivity index is 1.95. The van der Waals surface area contributed by atoms with Crippen molar-refractivity contribution in [3.05, 3.63) is 71.4 Å². The van der Waals surface area contributed by atoms with Crippen LogP contribution in [0.25, 0.3) is 23.1 Å². The predicted octanol–water partition coefficient (Wildman–Crippen LogP) is 4.78. The molecular weight excluding hydrogens is 268 g/mol. The molecule has 2 aromatic carbocycles. The van der Waals surface area contributed by atoms with E-state index in [4.69, 9.17) is 0 Å². The molecule has 110 valence electrons. The number of rotatable bonds is 3. The van der Waals surface area contributed by atoms with Crippen molar-refractivity contribution in [3.8, 4) is 0 Å². The summed E-state index contributed by atoms with van der Waals surface area (Å²) in [6.45, 7) is 2.15. The van der Waals surface area contributed by atoms with Gasteiger partial charge in [-0.05, 0) is 47.9 Å². The minimum absolute atomic E-state index is 1.03. The lowest BCUT2D eigenvalue weighted by atomic mass is 10.1. The van der Waals surface area contributed by atoms with Crippen LogP contribution in [-0.2, 0) is 0 Å². The Morgan fingerprint density at radius 2 is 1.77 bits per heavy atom. The summed E-state index contributed by atoms with van der Waals surface area (Å²) in [7, 11) is 4.14. The Hall–Kier alpha value is -2.61. The molecule has 1 aromatic heterocycles. The lowest BCUT2D eigenvalue weighted by Gasteiger charge is -2.15. The van der Waals surface area contributed by atoms with E-state index in [1.165, 1.54) is 27.8 Å². The summed E-state index contributed by atoms with van der Waals surface area (Å²) in [6.07, 6.45) is 6.19. The molecule has 0 N–H and O–H groups in total. The molecule has 3 rings (SSSR count). The molecule has 0 aliphatic carbocycles. The fraction of sp³-hybridized carbons (Fsp3) is 0.150. The largest absolute Gasteiger partial charge is 0.377 e. The Morgan fingerprint density at radius 3 is 2.55 bits per heavy atom. The maximum absolute atomic E-state index is 4.40. The smallest absolute Gasteiger partial charge is 0.0707 e. The number of anilines is 1. The summed E-state index contributed by atoms with van der Waals surface area (Å²) >= 11 is 0. The SMILES string of the molecule is Cc1cc(C=Cc2ccnc3ccccc23)ccc1N(C)C. The second-order valence-corrected chi connectivity index (χ2v) is 5.69. The zero-order valence-electron chi connectivity index (χ0n) is 13.2. The van der Waals surface area contributed by atoms with Crippen LogP contribution in [0.3, 0.4) is 0 Å². The van der Waals surface area contributed by atoms with Crippen LogP contribution in [0.5, 0.6) is 0 Å². The molecule has 0 spiro atoms. The molecular formula is C20H20N2. The van der Waals surface area contributed by atoms with Gasteiger partial charge >= 0.3 is 0 Å². The van der Waals surface area contributed by atoms with Crippen molar-refractivity contribution < 1.29 is 0 Å². The number of benzene rings is 2. The van der Waals surface area contributed by atoms with E-state index >= 15 is 0 Å². The second-order valence-electron chi connectivity index (χ2n) is 5.69. The first kappa shape index (κ1) is 14.3. The Kier molecular flexibility index (Phi) is 3.92. The molecule has 2 nitrogen and oxygen atoms in total. The predicted molar refractivity (Wildman–Crippen MR) is 96.2 cm³/mol. The van der Waals surface area contributed by atoms with Gasteiger partial charge in [0.2, 0.25) is 0 Å². The van der Waals surface area contributed by atoms with Crippen LogP contribution in [0, 0.1) is 6.92 Å². The Morgan fingerprint density at radius 1 is 0.955 bits per heavy atom. The van der Waals surface area contributed by atoms with Crippen LogP contribution in [0.4, 0.5) is 5.69 Å². The van der Waals surface area contributed by atoms with Crippen LogP contribution in [0.15, 0.2) is 54.7 Å². The van der Waals surface area contributed by atoms with E-state index in [-0.39, 0.29) is 0 Å². The molecule has 22 heavy (non-hydrogen) atoms. The molecule has 3 aromatic rings. The number of para-hydroxylation sites is 1. The van der Waals surface area contributed by atoms with Gasteiger partial charge in [0.1, 0.15) is 0 Å². The summed E-state index contributed by atoms with van der Waals surface area (Å²) in [5.41, 5.74) is 5.98. The van der Waals surface area contributed by atoms with Crippen molar-refractivity contribution >= 4 is 28.7 Å². The highest BCUT2D eigenvalue weighted by molar-refractivity contribution is 5.90. The minimum Gasteiger partial charge on any atom is -0.377 e. The minimum atomic E-state index is 1.03. The fourth-order valence-electron chi connectivity index (χ4n) is 2.73. The number of pyridine rings is 1. The molecule has 0 saturated heterocycles. The number of hydrogen-bond acceptors (Lipinski definition) is 2. The first-order valence-electron chi connectivity index (χ1n) is 7.45. The summed E-state index contributed by atoms with van der Waals surface area (Å²) < 4.78 is 0. The Bertz CT molecular complexity index is 827. The molecule has 0 unspecified atom stereocenters. The summed E-state index contributed by atoms with van der Waals surface area (Å²) in [5.74, 6) is 0. The summed E-state index contributed by atoms with van der Waals surface area (Å²) in [4.78, 5) is 6.54. The van der Waals surface area contributed by atoms with Gasteiger partial charge < -0.3 is 4.90 Å². The molecule has 1 heterocycles. The number of hydrogen-bond donors (Lipinski definition) is 0. The van der Waals surface area contributed by atoms with Gasteiger partial charge in [0, 0.05) is 31.4 Å². The third-order valence-corrected chi connectivity index (χ3v) is 3.84. The van der Waals surface area contributed by atoms with Crippen LogP contribution < -0.4 is 4.90 Å². The first-order valence-corrected chi connectivity index (χ1v) is 7.45. The standard InChI is InChI=1S/C20H20N2/c1-15-14-16(9-11-20(15)22(2)3)8-10-17-12-13-21-19-7-5-4-6-18(17)19/h4-14H,1-3H3. The third-order valence-electron chi connectivity index (χ3n) is 3.84. The van der Waals surface area contributed by atoms with Crippen molar-refractivity contribution in [3.63, 3.8) is 0 Å². The van der Waals surface area contributed by atoms with Gasteiger partial charge in [0.15, 0.2) is 0 Å². The van der Waals surface area contributed by atoms with Crippen LogP contribution in [0.2, 0.25) is 0 Å². The number of aryl methyl sites for hydroxylation is 1. The normalized spacial score (nSPS) is 11.2. The zero-order chi connectivity index (χ0) is 15.5. The van der Waals surface area contributed by atoms with Crippen LogP contribution in [-0.4, -0.2) is 19.1 Å². The van der Waals surface area contributed by atoms with Gasteiger partial charge in [-0.2, -0.15) is 0 Å². The quantitative estimate of drug-likeness (QED) is 0.689. The summed E-state index contributed by atoms with van der Waals surface area (Å²) in [6, 6.07) is 16.8. The lowest BCUT2D eigenvalue weighted by molar-refractivity contribution is 1.11. The van der Waals surface area contributed by atoms with E-state index < -0.39 is 0 Å². The number of aromatic nitrogens is 1. The molecule has 0 amide bonds. The number of nitrogens with zero attached hydrogens (tertiary/aromatic N) is 2. The van der Waals surface area contributed by atoms with Crippen molar-refractivity contribution in [2.45, 2.75) is 6.92 Å². The fourth-order valence-corrected chi connectivity index (χ4v) is 2.73. The molecule has 0 aliphatic rings. The maximum atomic E-state index is 4.40. The van der Waals surface area contributed by atoms with E-state index in [9.17, 15) is 0 Å². The van der Waals surface area contributed by atoms with Crippen molar-refractivity contribution in [2.24, 2.45) is 0 Å². The van der Waals surface area contributed by atoms with E-state index in [0.29, 0.717) is 0 Å². The van der Waals surface area contributed by atoms with E-state index in [0.717, 1.165) is 5.52 Å². The topological polar surface area (TPSA) is 16.1 Å². The molecule has 0 atom stereocenters. The Labute approximate surface area is 131 Å². The van der Waals surface area contributed by atoms with Gasteiger partial charge in [0.25, 0.3) is 0 Å². The molecule has 0 saturated carbocycles. The van der Waals surface area contributed by atoms with E-state index in [1.807, 2.05) is 18.3 Å². The number of fused-ring (bicyclic) bond motifs is 1. The van der Waals surface area contributed by atoms with Gasteiger partial charge in [0.05, 0.1) is 5.52 Å². The van der Waals surface area contributed by atoms with Gasteiger partial charge in [-0.15, -0.1) is 0 Å². The van der Waals surface area contributed by atoms with Crippen molar-refractivity contribution in [1.29, 1.82) is 0 Å². The molecule has 0 aliphatic heterocycles. The van der Waals surface area contributed by atoms with Gasteiger partial charge in [-0.1, -0.05) is 36.4 Å². The molecule has 2 heteroatoms. The summed E-state index contributed by atoms with van der Waals surface area (Å²) in [5, 5.41) is 1.18. The van der Waals surface area contributed by atoms with Crippen molar-refractivity contribution in [1.82, 2.24) is 4.98 Å². The lowest BCUT2D eigenvalue weighted by Crippen LogP contribution is -2.09. The maximum Gasteiger partial charge on any atom is 0.0707 e. The average molecular weight is 288 g/mol. The monoisotopic (exact) mass is 288 g/mol. The second kappa shape index (κ2) is 6.02. The highest BCUT2D eigenvalue weighted by Crippen LogP contribution is 2.22. The molecule has 0 bridgehead atoms. The van der Waals surface area contributed by atoms with Crippen LogP contribution in [0.1, 0.15) is 16.7 Å². The first-order chi connectivity index (χ1) is 10.6. The third kappa shape index (κ3) is 2.86. The average Bonchev–Trinajstić information content (AvgIpc) is 2.52. The highest BCUT2D eigenvalue weighted by atomic mass is 15.1. The molecule has 0 radical (unpaired) electrons. The van der Waals surface area contributed by atoms with E-state index in [1.54, 1.807) is 0 Å². The van der Waals surface area contributed by atoms with Crippen LogP contribution >= 0.6 is 0 Å². The van der Waals surface area contributed by atoms with Gasteiger partial charge in [-0.25, -0.2) is 0 Å². The molecule has 0 fully saturated rings. The van der Waals surface area contributed by atoms with Crippen molar-refractivity contribution in [2.75, 3.05) is 19.0 Å². The van der Waals surface area contributed by atoms with E-state index in [2.05, 4.69) is 79.5 Å².